The molecule has 1 N–H and O–H groups in total. The van der Waals surface area contributed by atoms with E-state index < -0.39 is 16.2 Å². The normalized spacial score (nSPS) is 21.4. The SMILES string of the molecule is O=S(=O)(c1ccc(Br)c(CO)c1)N1CC[C@H](F)C1. The van der Waals surface area contributed by atoms with Crippen LogP contribution in [0.3, 0.4) is 0 Å². The van der Waals surface area contributed by atoms with Crippen molar-refractivity contribution in [3.8, 4) is 0 Å². The molecule has 1 aromatic carbocycles. The number of aliphatic hydroxyl groups is 1. The first kappa shape index (κ1) is 13.9. The first-order valence-electron chi connectivity index (χ1n) is 5.48. The van der Waals surface area contributed by atoms with Gasteiger partial charge in [-0.25, -0.2) is 12.8 Å². The standard InChI is InChI=1S/C11H13BrFNO3S/c12-11-2-1-10(5-8(11)7-15)18(16,17)14-4-3-9(13)6-14/h1-2,5,9,15H,3-4,6-7H2/t9-/m0/s1. The minimum atomic E-state index is -3.66. The van der Waals surface area contributed by atoms with E-state index in [4.69, 9.17) is 5.11 Å². The van der Waals surface area contributed by atoms with Gasteiger partial charge in [-0.1, -0.05) is 15.9 Å². The average molecular weight is 338 g/mol. The second-order valence-electron chi connectivity index (χ2n) is 4.16. The number of alkyl halides is 1. The molecule has 0 aromatic heterocycles. The summed E-state index contributed by atoms with van der Waals surface area (Å²) in [5, 5.41) is 9.12. The third-order valence-corrected chi connectivity index (χ3v) is 5.55. The van der Waals surface area contributed by atoms with Crippen molar-refractivity contribution in [1.82, 2.24) is 4.31 Å². The largest absolute Gasteiger partial charge is 0.392 e. The van der Waals surface area contributed by atoms with Gasteiger partial charge in [-0.05, 0) is 30.2 Å². The summed E-state index contributed by atoms with van der Waals surface area (Å²) in [5.41, 5.74) is 0.493. The van der Waals surface area contributed by atoms with Crippen LogP contribution in [0.25, 0.3) is 0 Å². The molecule has 1 aliphatic rings. The lowest BCUT2D eigenvalue weighted by atomic mass is 10.2. The van der Waals surface area contributed by atoms with E-state index in [1.54, 1.807) is 6.07 Å². The summed E-state index contributed by atoms with van der Waals surface area (Å²) in [5.74, 6) is 0. The molecule has 1 heterocycles. The Kier molecular flexibility index (Phi) is 4.05. The lowest BCUT2D eigenvalue weighted by molar-refractivity contribution is 0.280. The van der Waals surface area contributed by atoms with Gasteiger partial charge < -0.3 is 5.11 Å². The molecule has 7 heteroatoms. The molecule has 0 saturated carbocycles. The lowest BCUT2D eigenvalue weighted by Gasteiger charge is -2.16. The molecule has 0 aliphatic carbocycles. The Balaban J connectivity index is 2.35. The maximum atomic E-state index is 13.1. The Morgan fingerprint density at radius 1 is 1.50 bits per heavy atom. The molecule has 1 atom stereocenters. The molecule has 0 amide bonds. The topological polar surface area (TPSA) is 57.6 Å². The number of benzene rings is 1. The number of nitrogens with zero attached hydrogens (tertiary/aromatic N) is 1. The summed E-state index contributed by atoms with van der Waals surface area (Å²) < 4.78 is 39.3. The minimum Gasteiger partial charge on any atom is -0.392 e. The fraction of sp³-hybridized carbons (Fsp3) is 0.455. The molecule has 0 unspecified atom stereocenters. The van der Waals surface area contributed by atoms with E-state index in [0.717, 1.165) is 4.31 Å². The smallest absolute Gasteiger partial charge is 0.243 e. The number of hydrogen-bond donors (Lipinski definition) is 1. The van der Waals surface area contributed by atoms with Crippen LogP contribution < -0.4 is 0 Å². The van der Waals surface area contributed by atoms with Crippen molar-refractivity contribution in [3.05, 3.63) is 28.2 Å². The van der Waals surface area contributed by atoms with E-state index in [1.807, 2.05) is 0 Å². The lowest BCUT2D eigenvalue weighted by Crippen LogP contribution is -2.29. The van der Waals surface area contributed by atoms with Crippen LogP contribution in [0.1, 0.15) is 12.0 Å². The molecule has 0 bridgehead atoms. The monoisotopic (exact) mass is 337 g/mol. The number of hydrogen-bond acceptors (Lipinski definition) is 3. The first-order chi connectivity index (χ1) is 8.45. The van der Waals surface area contributed by atoms with Crippen LogP contribution in [0.15, 0.2) is 27.6 Å². The maximum absolute atomic E-state index is 13.1. The highest BCUT2D eigenvalue weighted by Crippen LogP contribution is 2.26. The predicted molar refractivity (Wildman–Crippen MR) is 68.3 cm³/mol. The Morgan fingerprint density at radius 2 is 2.22 bits per heavy atom. The van der Waals surface area contributed by atoms with E-state index in [-0.39, 0.29) is 31.0 Å². The molecule has 1 aliphatic heterocycles. The Bertz CT molecular complexity index is 549. The van der Waals surface area contributed by atoms with Crippen LogP contribution in [-0.2, 0) is 16.6 Å². The van der Waals surface area contributed by atoms with Gasteiger partial charge in [0.25, 0.3) is 0 Å². The fourth-order valence-electron chi connectivity index (χ4n) is 1.89. The van der Waals surface area contributed by atoms with Crippen LogP contribution in [0.5, 0.6) is 0 Å². The van der Waals surface area contributed by atoms with Crippen molar-refractivity contribution in [2.75, 3.05) is 13.1 Å². The van der Waals surface area contributed by atoms with E-state index >= 15 is 0 Å². The first-order valence-corrected chi connectivity index (χ1v) is 7.72. The van der Waals surface area contributed by atoms with Gasteiger partial charge in [-0.2, -0.15) is 4.31 Å². The van der Waals surface area contributed by atoms with Crippen molar-refractivity contribution in [2.24, 2.45) is 0 Å². The zero-order valence-corrected chi connectivity index (χ0v) is 11.9. The van der Waals surface area contributed by atoms with Crippen molar-refractivity contribution >= 4 is 26.0 Å². The Labute approximate surface area is 114 Å². The second-order valence-corrected chi connectivity index (χ2v) is 6.95. The molecule has 1 fully saturated rings. The third-order valence-electron chi connectivity index (χ3n) is 2.92. The quantitative estimate of drug-likeness (QED) is 0.912. The zero-order valence-electron chi connectivity index (χ0n) is 9.51. The number of halogens is 2. The van der Waals surface area contributed by atoms with Crippen LogP contribution in [0, 0.1) is 0 Å². The molecule has 0 spiro atoms. The molecule has 4 nitrogen and oxygen atoms in total. The predicted octanol–water partition coefficient (Wildman–Crippen LogP) is 1.67. The molecular weight excluding hydrogens is 325 g/mol. The highest BCUT2D eigenvalue weighted by Gasteiger charge is 2.32. The number of sulfonamides is 1. The summed E-state index contributed by atoms with van der Waals surface area (Å²) in [7, 11) is -3.66. The Hall–Kier alpha value is -0.500. The minimum absolute atomic E-state index is 0.0869. The van der Waals surface area contributed by atoms with Gasteiger partial charge in [0, 0.05) is 17.6 Å². The summed E-state index contributed by atoms with van der Waals surface area (Å²) in [4.78, 5) is 0.0869. The van der Waals surface area contributed by atoms with E-state index in [1.165, 1.54) is 12.1 Å². The van der Waals surface area contributed by atoms with Gasteiger partial charge in [0.05, 0.1) is 11.5 Å². The van der Waals surface area contributed by atoms with Crippen LogP contribution in [0.4, 0.5) is 4.39 Å². The van der Waals surface area contributed by atoms with Crippen molar-refractivity contribution in [3.63, 3.8) is 0 Å². The average Bonchev–Trinajstić information content (AvgIpc) is 2.77. The highest BCUT2D eigenvalue weighted by molar-refractivity contribution is 9.10. The second kappa shape index (κ2) is 5.24. The van der Waals surface area contributed by atoms with Gasteiger partial charge >= 0.3 is 0 Å². The van der Waals surface area contributed by atoms with Gasteiger partial charge in [0.1, 0.15) is 6.17 Å². The van der Waals surface area contributed by atoms with Crippen molar-refractivity contribution < 1.29 is 17.9 Å². The highest BCUT2D eigenvalue weighted by atomic mass is 79.9. The summed E-state index contributed by atoms with van der Waals surface area (Å²) in [6.45, 7) is -0.142. The van der Waals surface area contributed by atoms with Gasteiger partial charge in [0.15, 0.2) is 0 Å². The Morgan fingerprint density at radius 3 is 2.78 bits per heavy atom. The number of aliphatic hydroxyl groups excluding tert-OH is 1. The van der Waals surface area contributed by atoms with Crippen molar-refractivity contribution in [2.45, 2.75) is 24.1 Å². The van der Waals surface area contributed by atoms with Crippen molar-refractivity contribution in [1.29, 1.82) is 0 Å². The van der Waals surface area contributed by atoms with Crippen LogP contribution in [-0.4, -0.2) is 37.1 Å². The molecule has 100 valence electrons. The van der Waals surface area contributed by atoms with Gasteiger partial charge in [0.2, 0.25) is 10.0 Å². The third kappa shape index (κ3) is 2.59. The zero-order chi connectivity index (χ0) is 13.3. The van der Waals surface area contributed by atoms with E-state index in [2.05, 4.69) is 15.9 Å². The maximum Gasteiger partial charge on any atom is 0.243 e. The number of rotatable bonds is 3. The van der Waals surface area contributed by atoms with Crippen LogP contribution in [0.2, 0.25) is 0 Å². The van der Waals surface area contributed by atoms with E-state index in [0.29, 0.717) is 10.0 Å². The molecule has 1 aromatic rings. The summed E-state index contributed by atoms with van der Waals surface area (Å²) in [6, 6.07) is 4.43. The summed E-state index contributed by atoms with van der Waals surface area (Å²) in [6.07, 6.45) is -0.852. The van der Waals surface area contributed by atoms with E-state index in [9.17, 15) is 12.8 Å². The summed E-state index contributed by atoms with van der Waals surface area (Å²) >= 11 is 3.22. The van der Waals surface area contributed by atoms with Gasteiger partial charge in [-0.15, -0.1) is 0 Å². The van der Waals surface area contributed by atoms with Gasteiger partial charge in [-0.3, -0.25) is 0 Å². The molecular formula is C11H13BrFNO3S. The fourth-order valence-corrected chi connectivity index (χ4v) is 3.79. The van der Waals surface area contributed by atoms with Crippen LogP contribution >= 0.6 is 15.9 Å². The molecule has 2 rings (SSSR count). The molecule has 1 saturated heterocycles. The molecule has 18 heavy (non-hydrogen) atoms. The molecule has 0 radical (unpaired) electrons.